The molecule has 0 saturated heterocycles. The molecule has 0 saturated carbocycles. The van der Waals surface area contributed by atoms with Crippen LogP contribution in [0.4, 0.5) is 0 Å². The highest BCUT2D eigenvalue weighted by Gasteiger charge is 2.10. The Hall–Kier alpha value is -2.08. The fourth-order valence-electron chi connectivity index (χ4n) is 1.42. The highest BCUT2D eigenvalue weighted by molar-refractivity contribution is 5.85. The van der Waals surface area contributed by atoms with E-state index in [0.717, 1.165) is 5.56 Å². The predicted molar refractivity (Wildman–Crippen MR) is 66.7 cm³/mol. The molecule has 0 heterocycles. The quantitative estimate of drug-likeness (QED) is 0.574. The van der Waals surface area contributed by atoms with Crippen molar-refractivity contribution in [3.8, 4) is 5.75 Å². The van der Waals surface area contributed by atoms with Crippen LogP contribution in [0.3, 0.4) is 0 Å². The Morgan fingerprint density at radius 1 is 1.39 bits per heavy atom. The van der Waals surface area contributed by atoms with Gasteiger partial charge >= 0.3 is 0 Å². The summed E-state index contributed by atoms with van der Waals surface area (Å²) in [4.78, 5) is 22.4. The fraction of sp³-hybridized carbons (Fsp3) is 0.333. The van der Waals surface area contributed by atoms with Crippen molar-refractivity contribution < 1.29 is 14.7 Å². The largest absolute Gasteiger partial charge is 0.508 e. The summed E-state index contributed by atoms with van der Waals surface area (Å²) in [5.74, 6) is -0.548. The number of benzene rings is 1. The average molecular weight is 251 g/mol. The third kappa shape index (κ3) is 4.42. The first-order chi connectivity index (χ1) is 8.52. The van der Waals surface area contributed by atoms with E-state index in [9.17, 15) is 14.7 Å². The summed E-state index contributed by atoms with van der Waals surface area (Å²) in [5.41, 5.74) is 5.88. The molecule has 6 heteroatoms. The van der Waals surface area contributed by atoms with Crippen molar-refractivity contribution in [1.29, 1.82) is 0 Å². The molecule has 0 bridgehead atoms. The molecular formula is C12H17N3O3. The van der Waals surface area contributed by atoms with E-state index in [1.54, 1.807) is 31.2 Å². The Morgan fingerprint density at radius 3 is 2.72 bits per heavy atom. The zero-order valence-electron chi connectivity index (χ0n) is 10.1. The number of carbonyl (C=O) groups is 2. The number of carbonyl (C=O) groups excluding carboxylic acids is 2. The number of hydrogen-bond acceptors (Lipinski definition) is 4. The number of nitrogens with two attached hydrogens (primary N) is 1. The summed E-state index contributed by atoms with van der Waals surface area (Å²) in [6, 6.07) is 6.37. The van der Waals surface area contributed by atoms with E-state index in [2.05, 4.69) is 10.6 Å². The molecule has 0 radical (unpaired) electrons. The molecule has 1 rings (SSSR count). The summed E-state index contributed by atoms with van der Waals surface area (Å²) < 4.78 is 0. The van der Waals surface area contributed by atoms with E-state index in [-0.39, 0.29) is 36.7 Å². The maximum absolute atomic E-state index is 11.5. The number of rotatable bonds is 5. The van der Waals surface area contributed by atoms with Gasteiger partial charge < -0.3 is 21.5 Å². The van der Waals surface area contributed by atoms with Crippen molar-refractivity contribution in [2.45, 2.75) is 13.0 Å². The van der Waals surface area contributed by atoms with Gasteiger partial charge in [0, 0.05) is 0 Å². The van der Waals surface area contributed by atoms with Crippen molar-refractivity contribution >= 4 is 11.8 Å². The van der Waals surface area contributed by atoms with Crippen molar-refractivity contribution in [3.63, 3.8) is 0 Å². The van der Waals surface area contributed by atoms with Crippen LogP contribution < -0.4 is 16.4 Å². The van der Waals surface area contributed by atoms with Crippen molar-refractivity contribution in [1.82, 2.24) is 10.6 Å². The molecule has 1 atom stereocenters. The molecule has 1 aromatic carbocycles. The van der Waals surface area contributed by atoms with Gasteiger partial charge in [0.1, 0.15) is 5.75 Å². The first-order valence-electron chi connectivity index (χ1n) is 5.58. The second kappa shape index (κ2) is 6.61. The van der Waals surface area contributed by atoms with Gasteiger partial charge in [-0.1, -0.05) is 12.1 Å². The Balaban J connectivity index is 2.47. The monoisotopic (exact) mass is 251 g/mol. The lowest BCUT2D eigenvalue weighted by Crippen LogP contribution is -2.40. The third-order valence-corrected chi connectivity index (χ3v) is 2.38. The summed E-state index contributed by atoms with van der Waals surface area (Å²) in [6.07, 6.45) is 0. The van der Waals surface area contributed by atoms with E-state index in [4.69, 9.17) is 5.73 Å². The summed E-state index contributed by atoms with van der Waals surface area (Å²) in [6.45, 7) is 1.53. The molecule has 2 amide bonds. The van der Waals surface area contributed by atoms with Crippen LogP contribution in [0.1, 0.15) is 18.5 Å². The van der Waals surface area contributed by atoms with Gasteiger partial charge in [0.2, 0.25) is 11.8 Å². The van der Waals surface area contributed by atoms with Crippen LogP contribution >= 0.6 is 0 Å². The molecule has 0 aromatic heterocycles. The van der Waals surface area contributed by atoms with Gasteiger partial charge in [-0.2, -0.15) is 0 Å². The standard InChI is InChI=1S/C12H17N3O3/c1-8(9-3-2-4-10(16)5-9)15-12(18)7-14-11(17)6-13/h2-5,8,16H,6-7,13H2,1H3,(H,14,17)(H,15,18). The van der Waals surface area contributed by atoms with Crippen LogP contribution in [-0.4, -0.2) is 30.0 Å². The molecule has 0 aliphatic rings. The lowest BCUT2D eigenvalue weighted by molar-refractivity contribution is -0.125. The van der Waals surface area contributed by atoms with Crippen molar-refractivity contribution in [2.75, 3.05) is 13.1 Å². The number of phenols is 1. The predicted octanol–water partition coefficient (Wildman–Crippen LogP) is -0.356. The van der Waals surface area contributed by atoms with Crippen LogP contribution in [0.25, 0.3) is 0 Å². The van der Waals surface area contributed by atoms with Crippen LogP contribution in [0, 0.1) is 0 Å². The van der Waals surface area contributed by atoms with Gasteiger partial charge in [0.25, 0.3) is 0 Å². The molecule has 0 spiro atoms. The number of amides is 2. The molecule has 1 unspecified atom stereocenters. The molecule has 0 fully saturated rings. The molecule has 6 nitrogen and oxygen atoms in total. The lowest BCUT2D eigenvalue weighted by atomic mass is 10.1. The van der Waals surface area contributed by atoms with E-state index >= 15 is 0 Å². The molecule has 18 heavy (non-hydrogen) atoms. The van der Waals surface area contributed by atoms with Crippen LogP contribution in [-0.2, 0) is 9.59 Å². The number of phenolic OH excluding ortho intramolecular Hbond substituents is 1. The highest BCUT2D eigenvalue weighted by Crippen LogP contribution is 2.17. The van der Waals surface area contributed by atoms with E-state index in [0.29, 0.717) is 0 Å². The average Bonchev–Trinajstić information content (AvgIpc) is 2.35. The van der Waals surface area contributed by atoms with Crippen LogP contribution in [0.2, 0.25) is 0 Å². The lowest BCUT2D eigenvalue weighted by Gasteiger charge is -2.14. The second-order valence-corrected chi connectivity index (χ2v) is 3.87. The molecule has 5 N–H and O–H groups in total. The summed E-state index contributed by atoms with van der Waals surface area (Å²) in [5, 5.41) is 14.4. The molecular weight excluding hydrogens is 234 g/mol. The Kier molecular flexibility index (Phi) is 5.13. The van der Waals surface area contributed by atoms with E-state index in [1.807, 2.05) is 0 Å². The minimum atomic E-state index is -0.379. The van der Waals surface area contributed by atoms with Gasteiger partial charge in [0.15, 0.2) is 0 Å². The van der Waals surface area contributed by atoms with Crippen LogP contribution in [0.5, 0.6) is 5.75 Å². The van der Waals surface area contributed by atoms with Crippen molar-refractivity contribution in [2.24, 2.45) is 5.73 Å². The first-order valence-corrected chi connectivity index (χ1v) is 5.58. The highest BCUT2D eigenvalue weighted by atomic mass is 16.3. The fourth-order valence-corrected chi connectivity index (χ4v) is 1.42. The topological polar surface area (TPSA) is 104 Å². The van der Waals surface area contributed by atoms with E-state index in [1.165, 1.54) is 0 Å². The normalized spacial score (nSPS) is 11.7. The zero-order valence-corrected chi connectivity index (χ0v) is 10.1. The second-order valence-electron chi connectivity index (χ2n) is 3.87. The van der Waals surface area contributed by atoms with Gasteiger partial charge in [-0.15, -0.1) is 0 Å². The Morgan fingerprint density at radius 2 is 2.11 bits per heavy atom. The number of hydrogen-bond donors (Lipinski definition) is 4. The third-order valence-electron chi connectivity index (χ3n) is 2.38. The Bertz CT molecular complexity index is 434. The van der Waals surface area contributed by atoms with Gasteiger partial charge in [0.05, 0.1) is 19.1 Å². The van der Waals surface area contributed by atoms with E-state index < -0.39 is 0 Å². The molecule has 98 valence electrons. The summed E-state index contributed by atoms with van der Waals surface area (Å²) in [7, 11) is 0. The maximum atomic E-state index is 11.5. The minimum Gasteiger partial charge on any atom is -0.508 e. The van der Waals surface area contributed by atoms with Gasteiger partial charge in [-0.25, -0.2) is 0 Å². The number of aromatic hydroxyl groups is 1. The molecule has 0 aliphatic heterocycles. The SMILES string of the molecule is CC(NC(=O)CNC(=O)CN)c1cccc(O)c1. The van der Waals surface area contributed by atoms with Gasteiger partial charge in [-0.05, 0) is 24.6 Å². The molecule has 0 aliphatic carbocycles. The van der Waals surface area contributed by atoms with Gasteiger partial charge in [-0.3, -0.25) is 9.59 Å². The summed E-state index contributed by atoms with van der Waals surface area (Å²) >= 11 is 0. The van der Waals surface area contributed by atoms with Crippen LogP contribution in [0.15, 0.2) is 24.3 Å². The van der Waals surface area contributed by atoms with Crippen molar-refractivity contribution in [3.05, 3.63) is 29.8 Å². The Labute approximate surface area is 105 Å². The molecule has 1 aromatic rings. The first kappa shape index (κ1) is 14.0. The number of nitrogens with one attached hydrogen (secondary N) is 2. The zero-order chi connectivity index (χ0) is 13.5. The smallest absolute Gasteiger partial charge is 0.239 e. The maximum Gasteiger partial charge on any atom is 0.239 e. The minimum absolute atomic E-state index is 0.112.